The summed E-state index contributed by atoms with van der Waals surface area (Å²) in [5, 5.41) is 0. The molecule has 36 heavy (non-hydrogen) atoms. The third-order valence-electron chi connectivity index (χ3n) is 7.45. The molecule has 1 aromatic carbocycles. The normalized spacial score (nSPS) is 33.2. The standard InChI is InChI=1S/C24H28F3NO7S/c1-23(2)33-19-11-16-17(15-9-6-10-18(15)35-36(30,31)24(25,26)27)12-28(20(16)21(19)34-23)22(29)32-13-14-7-4-3-5-8-14/h3-5,7-8,10,15-17,19-21H,6,9,11-13H2,1-2H3/t15?,16-,17+,19+,20+,21+/m0/s1. The molecule has 2 aliphatic heterocycles. The average Bonchev–Trinajstić information content (AvgIpc) is 3.52. The molecule has 8 nitrogen and oxygen atoms in total. The van der Waals surface area contributed by atoms with E-state index in [0.29, 0.717) is 19.3 Å². The first kappa shape index (κ1) is 25.3. The summed E-state index contributed by atoms with van der Waals surface area (Å²) in [7, 11) is -5.79. The molecule has 0 bridgehead atoms. The molecule has 12 heteroatoms. The van der Waals surface area contributed by atoms with E-state index in [2.05, 4.69) is 4.18 Å². The van der Waals surface area contributed by atoms with Crippen molar-refractivity contribution in [2.75, 3.05) is 6.54 Å². The number of amides is 1. The first-order valence-corrected chi connectivity index (χ1v) is 13.3. The van der Waals surface area contributed by atoms with Crippen molar-refractivity contribution in [3.05, 3.63) is 47.7 Å². The van der Waals surface area contributed by atoms with Gasteiger partial charge in [-0.1, -0.05) is 30.3 Å². The maximum Gasteiger partial charge on any atom is 0.534 e. The Kier molecular flexibility index (Phi) is 6.27. The molecule has 1 amide bonds. The third kappa shape index (κ3) is 4.58. The van der Waals surface area contributed by atoms with Crippen molar-refractivity contribution in [2.24, 2.45) is 17.8 Å². The van der Waals surface area contributed by atoms with Gasteiger partial charge < -0.3 is 23.3 Å². The van der Waals surface area contributed by atoms with Crippen molar-refractivity contribution in [1.82, 2.24) is 4.90 Å². The van der Waals surface area contributed by atoms with E-state index in [4.69, 9.17) is 14.2 Å². The van der Waals surface area contributed by atoms with Crippen molar-refractivity contribution in [1.29, 1.82) is 0 Å². The SMILES string of the molecule is CC1(C)O[C@H]2[C@H]3[C@@H](C[C@H]2O1)[C@@H](C1CCC=C1OS(=O)(=O)C(F)(F)F)CN3C(=O)OCc1ccccc1. The fourth-order valence-corrected chi connectivity index (χ4v) is 6.66. The number of ether oxygens (including phenoxy) is 3. The molecule has 2 aliphatic carbocycles. The molecule has 0 aromatic heterocycles. The van der Waals surface area contributed by atoms with E-state index in [1.54, 1.807) is 18.7 Å². The molecule has 0 radical (unpaired) electrons. The van der Waals surface area contributed by atoms with Crippen LogP contribution in [0.1, 0.15) is 38.7 Å². The molecule has 5 rings (SSSR count). The van der Waals surface area contributed by atoms with Crippen LogP contribution in [-0.4, -0.2) is 55.5 Å². The van der Waals surface area contributed by atoms with Gasteiger partial charge in [-0.3, -0.25) is 0 Å². The fourth-order valence-electron chi connectivity index (χ4n) is 6.12. The van der Waals surface area contributed by atoms with Gasteiger partial charge >= 0.3 is 21.7 Å². The Morgan fingerprint density at radius 3 is 2.58 bits per heavy atom. The summed E-state index contributed by atoms with van der Waals surface area (Å²) in [6.45, 7) is 3.83. The van der Waals surface area contributed by atoms with E-state index in [1.807, 2.05) is 30.3 Å². The number of fused-ring (bicyclic) bond motifs is 3. The summed E-state index contributed by atoms with van der Waals surface area (Å²) < 4.78 is 84.7. The number of hydrogen-bond acceptors (Lipinski definition) is 7. The predicted molar refractivity (Wildman–Crippen MR) is 119 cm³/mol. The van der Waals surface area contributed by atoms with Gasteiger partial charge in [0.2, 0.25) is 0 Å². The number of nitrogens with zero attached hydrogens (tertiary/aromatic N) is 1. The number of likely N-dealkylation sites (tertiary alicyclic amines) is 1. The number of allylic oxidation sites excluding steroid dienone is 2. The van der Waals surface area contributed by atoms with Gasteiger partial charge in [-0.15, -0.1) is 0 Å². The van der Waals surface area contributed by atoms with E-state index < -0.39 is 45.6 Å². The van der Waals surface area contributed by atoms with E-state index >= 15 is 0 Å². The quantitative estimate of drug-likeness (QED) is 0.413. The fraction of sp³-hybridized carbons (Fsp3) is 0.625. The minimum atomic E-state index is -5.79. The Morgan fingerprint density at radius 1 is 1.17 bits per heavy atom. The zero-order valence-corrected chi connectivity index (χ0v) is 20.6. The lowest BCUT2D eigenvalue weighted by Crippen LogP contribution is -2.45. The second kappa shape index (κ2) is 8.91. The molecule has 2 saturated heterocycles. The monoisotopic (exact) mass is 531 g/mol. The molecule has 3 fully saturated rings. The maximum absolute atomic E-state index is 13.2. The lowest BCUT2D eigenvalue weighted by Gasteiger charge is -2.29. The molecule has 198 valence electrons. The minimum Gasteiger partial charge on any atom is -0.445 e. The van der Waals surface area contributed by atoms with Crippen molar-refractivity contribution >= 4 is 16.2 Å². The largest absolute Gasteiger partial charge is 0.534 e. The highest BCUT2D eigenvalue weighted by Crippen LogP contribution is 2.54. The Hall–Kier alpha value is -2.31. The second-order valence-corrected chi connectivity index (χ2v) is 11.7. The summed E-state index contributed by atoms with van der Waals surface area (Å²) >= 11 is 0. The predicted octanol–water partition coefficient (Wildman–Crippen LogP) is 4.32. The van der Waals surface area contributed by atoms with Crippen molar-refractivity contribution in [3.8, 4) is 0 Å². The summed E-state index contributed by atoms with van der Waals surface area (Å²) in [6.07, 6.45) is 1.45. The van der Waals surface area contributed by atoms with Crippen molar-refractivity contribution in [3.63, 3.8) is 0 Å². The lowest BCUT2D eigenvalue weighted by molar-refractivity contribution is -0.159. The van der Waals surface area contributed by atoms with Crippen LogP contribution in [0.2, 0.25) is 0 Å². The molecule has 1 saturated carbocycles. The highest BCUT2D eigenvalue weighted by atomic mass is 32.2. The highest BCUT2D eigenvalue weighted by Gasteiger charge is 2.63. The zero-order valence-electron chi connectivity index (χ0n) is 19.8. The second-order valence-electron chi connectivity index (χ2n) is 10.2. The van der Waals surface area contributed by atoms with E-state index in [1.165, 1.54) is 6.08 Å². The van der Waals surface area contributed by atoms with Gasteiger partial charge in [0.25, 0.3) is 0 Å². The topological polar surface area (TPSA) is 91.4 Å². The van der Waals surface area contributed by atoms with Gasteiger partial charge in [-0.05, 0) is 56.6 Å². The summed E-state index contributed by atoms with van der Waals surface area (Å²) in [5.41, 5.74) is -4.71. The Balaban J connectivity index is 1.38. The molecule has 2 heterocycles. The smallest absolute Gasteiger partial charge is 0.445 e. The van der Waals surface area contributed by atoms with Gasteiger partial charge in [0.15, 0.2) is 5.79 Å². The van der Waals surface area contributed by atoms with E-state index in [0.717, 1.165) is 5.56 Å². The number of hydrogen-bond donors (Lipinski definition) is 0. The zero-order chi connectivity index (χ0) is 25.9. The first-order chi connectivity index (χ1) is 16.9. The minimum absolute atomic E-state index is 0.0662. The number of rotatable bonds is 5. The summed E-state index contributed by atoms with van der Waals surface area (Å²) in [6, 6.07) is 8.78. The van der Waals surface area contributed by atoms with Crippen LogP contribution in [0.4, 0.5) is 18.0 Å². The molecule has 0 spiro atoms. The number of carbonyl (C=O) groups is 1. The number of carbonyl (C=O) groups excluding carboxylic acids is 1. The molecule has 1 unspecified atom stereocenters. The van der Waals surface area contributed by atoms with Crippen LogP contribution in [0.15, 0.2) is 42.2 Å². The van der Waals surface area contributed by atoms with Gasteiger partial charge in [0, 0.05) is 12.5 Å². The summed E-state index contributed by atoms with van der Waals surface area (Å²) in [5.74, 6) is -2.15. The average molecular weight is 532 g/mol. The molecule has 6 atom stereocenters. The van der Waals surface area contributed by atoms with Gasteiger partial charge in [0.1, 0.15) is 18.5 Å². The van der Waals surface area contributed by atoms with Crippen LogP contribution in [0.5, 0.6) is 0 Å². The molecule has 1 aromatic rings. The molecular weight excluding hydrogens is 503 g/mol. The highest BCUT2D eigenvalue weighted by molar-refractivity contribution is 7.87. The number of halogens is 3. The molecule has 4 aliphatic rings. The van der Waals surface area contributed by atoms with Crippen LogP contribution in [-0.2, 0) is 35.1 Å². The van der Waals surface area contributed by atoms with Gasteiger partial charge in [-0.25, -0.2) is 4.79 Å². The Labute approximate surface area is 207 Å². The molecular formula is C24H28F3NO7S. The van der Waals surface area contributed by atoms with Crippen LogP contribution in [0.3, 0.4) is 0 Å². The molecule has 0 N–H and O–H groups in total. The lowest BCUT2D eigenvalue weighted by atomic mass is 9.81. The number of alkyl halides is 3. The van der Waals surface area contributed by atoms with Crippen molar-refractivity contribution < 1.29 is 44.8 Å². The number of benzene rings is 1. The Morgan fingerprint density at radius 2 is 1.89 bits per heavy atom. The van der Waals surface area contributed by atoms with Crippen LogP contribution < -0.4 is 0 Å². The van der Waals surface area contributed by atoms with Crippen LogP contribution >= 0.6 is 0 Å². The third-order valence-corrected chi connectivity index (χ3v) is 8.43. The van der Waals surface area contributed by atoms with Crippen LogP contribution in [0.25, 0.3) is 0 Å². The maximum atomic E-state index is 13.2. The summed E-state index contributed by atoms with van der Waals surface area (Å²) in [4.78, 5) is 14.8. The van der Waals surface area contributed by atoms with Gasteiger partial charge in [0.05, 0.1) is 12.1 Å². The van der Waals surface area contributed by atoms with E-state index in [-0.39, 0.29) is 36.9 Å². The Bertz CT molecular complexity index is 1140. The van der Waals surface area contributed by atoms with Crippen molar-refractivity contribution in [2.45, 2.75) is 69.3 Å². The first-order valence-electron chi connectivity index (χ1n) is 11.9. The van der Waals surface area contributed by atoms with Crippen LogP contribution in [0, 0.1) is 17.8 Å². The van der Waals surface area contributed by atoms with E-state index in [9.17, 15) is 26.4 Å². The van der Waals surface area contributed by atoms with Gasteiger partial charge in [-0.2, -0.15) is 21.6 Å².